The maximum Gasteiger partial charge on any atom is 0.270 e. The average molecular weight is 291 g/mol. The van der Waals surface area contributed by atoms with E-state index in [9.17, 15) is 4.79 Å². The number of nitrogens with one attached hydrogen (secondary N) is 1. The summed E-state index contributed by atoms with van der Waals surface area (Å²) in [5.41, 5.74) is 3.25. The number of hydrogen-bond acceptors (Lipinski definition) is 4. The van der Waals surface area contributed by atoms with Crippen molar-refractivity contribution >= 4 is 11.6 Å². The number of pyridine rings is 1. The Morgan fingerprint density at radius 1 is 1.43 bits per heavy atom. The van der Waals surface area contributed by atoms with Gasteiger partial charge in [-0.15, -0.1) is 0 Å². The van der Waals surface area contributed by atoms with Gasteiger partial charge in [0.25, 0.3) is 5.91 Å². The molecule has 114 valence electrons. The molecule has 21 heavy (non-hydrogen) atoms. The average Bonchev–Trinajstić information content (AvgIpc) is 2.85. The van der Waals surface area contributed by atoms with Gasteiger partial charge in [-0.25, -0.2) is 4.98 Å². The normalized spacial score (nSPS) is 11.3. The third-order valence-electron chi connectivity index (χ3n) is 3.36. The Morgan fingerprint density at radius 3 is 2.76 bits per heavy atom. The second kappa shape index (κ2) is 6.69. The molecule has 2 heterocycles. The molecule has 0 radical (unpaired) electrons. The Kier molecular flexibility index (Phi) is 4.93. The molecule has 0 aliphatic rings. The van der Waals surface area contributed by atoms with E-state index in [1.54, 1.807) is 0 Å². The van der Waals surface area contributed by atoms with E-state index in [4.69, 9.17) is 9.47 Å². The molecule has 2 aromatic rings. The number of carbonyl (C=O) groups excluding carboxylic acids is 1. The van der Waals surface area contributed by atoms with Crippen molar-refractivity contribution in [2.75, 3.05) is 20.8 Å². The highest BCUT2D eigenvalue weighted by Crippen LogP contribution is 2.15. The fraction of sp³-hybridized carbons (Fsp3) is 0.467. The lowest BCUT2D eigenvalue weighted by atomic mass is 10.2. The molecule has 1 amide bonds. The Labute approximate surface area is 124 Å². The molecule has 0 saturated heterocycles. The van der Waals surface area contributed by atoms with Crippen LogP contribution in [0.15, 0.2) is 18.3 Å². The molecule has 0 aromatic carbocycles. The van der Waals surface area contributed by atoms with Crippen molar-refractivity contribution < 1.29 is 14.3 Å². The van der Waals surface area contributed by atoms with Gasteiger partial charge in [0.05, 0.1) is 12.2 Å². The van der Waals surface area contributed by atoms with Crippen molar-refractivity contribution in [2.45, 2.75) is 26.6 Å². The van der Waals surface area contributed by atoms with Crippen LogP contribution in [0.25, 0.3) is 5.65 Å². The minimum Gasteiger partial charge on any atom is -0.354 e. The van der Waals surface area contributed by atoms with Gasteiger partial charge in [0, 0.05) is 20.4 Å². The lowest BCUT2D eigenvalue weighted by molar-refractivity contribution is -0.0974. The van der Waals surface area contributed by atoms with E-state index in [0.717, 1.165) is 16.9 Å². The van der Waals surface area contributed by atoms with Crippen LogP contribution in [0.5, 0.6) is 0 Å². The van der Waals surface area contributed by atoms with Gasteiger partial charge in [0.1, 0.15) is 11.3 Å². The second-order valence-electron chi connectivity index (χ2n) is 4.80. The monoisotopic (exact) mass is 291 g/mol. The van der Waals surface area contributed by atoms with E-state index in [1.165, 1.54) is 14.2 Å². The predicted molar refractivity (Wildman–Crippen MR) is 79.4 cm³/mol. The van der Waals surface area contributed by atoms with Gasteiger partial charge >= 0.3 is 0 Å². The van der Waals surface area contributed by atoms with Crippen LogP contribution in [0, 0.1) is 6.92 Å². The number of nitrogens with zero attached hydrogens (tertiary/aromatic N) is 2. The zero-order valence-corrected chi connectivity index (χ0v) is 12.8. The molecule has 6 heteroatoms. The standard InChI is InChI=1S/C15H21N3O3/c1-5-11-14(15(19)16-9-13(20-3)21-4)18-7-6-10(2)8-12(18)17-11/h6-8,13H,5,9H2,1-4H3,(H,16,19). The molecular formula is C15H21N3O3. The Hall–Kier alpha value is -1.92. The molecular weight excluding hydrogens is 270 g/mol. The van der Waals surface area contributed by atoms with Crippen molar-refractivity contribution in [2.24, 2.45) is 0 Å². The fourth-order valence-electron chi connectivity index (χ4n) is 2.20. The fourth-order valence-corrected chi connectivity index (χ4v) is 2.20. The number of carbonyl (C=O) groups is 1. The molecule has 6 nitrogen and oxygen atoms in total. The van der Waals surface area contributed by atoms with Gasteiger partial charge in [-0.05, 0) is 31.0 Å². The van der Waals surface area contributed by atoms with Gasteiger partial charge < -0.3 is 14.8 Å². The minimum absolute atomic E-state index is 0.178. The van der Waals surface area contributed by atoms with E-state index >= 15 is 0 Å². The van der Waals surface area contributed by atoms with Crippen LogP contribution in [0.2, 0.25) is 0 Å². The van der Waals surface area contributed by atoms with E-state index in [0.29, 0.717) is 12.1 Å². The topological polar surface area (TPSA) is 64.9 Å². The van der Waals surface area contributed by atoms with E-state index in [-0.39, 0.29) is 12.5 Å². The molecule has 0 bridgehead atoms. The first-order chi connectivity index (χ1) is 10.1. The van der Waals surface area contributed by atoms with Crippen molar-refractivity contribution in [3.05, 3.63) is 35.3 Å². The summed E-state index contributed by atoms with van der Waals surface area (Å²) in [6, 6.07) is 3.92. The molecule has 0 fully saturated rings. The smallest absolute Gasteiger partial charge is 0.270 e. The maximum absolute atomic E-state index is 12.4. The van der Waals surface area contributed by atoms with E-state index in [1.807, 2.05) is 36.6 Å². The van der Waals surface area contributed by atoms with Gasteiger partial charge in [-0.3, -0.25) is 9.20 Å². The molecule has 0 unspecified atom stereocenters. The summed E-state index contributed by atoms with van der Waals surface area (Å²) in [5.74, 6) is -0.178. The van der Waals surface area contributed by atoms with Crippen LogP contribution in [0.1, 0.15) is 28.7 Å². The van der Waals surface area contributed by atoms with E-state index in [2.05, 4.69) is 10.3 Å². The molecule has 0 atom stereocenters. The number of amides is 1. The first kappa shape index (κ1) is 15.5. The summed E-state index contributed by atoms with van der Waals surface area (Å²) in [6.07, 6.45) is 2.11. The number of rotatable bonds is 6. The first-order valence-corrected chi connectivity index (χ1v) is 6.92. The van der Waals surface area contributed by atoms with Crippen LogP contribution in [0.3, 0.4) is 0 Å². The first-order valence-electron chi connectivity index (χ1n) is 6.92. The van der Waals surface area contributed by atoms with Crippen LogP contribution in [-0.2, 0) is 15.9 Å². The molecule has 0 aliphatic heterocycles. The lowest BCUT2D eigenvalue weighted by Crippen LogP contribution is -2.35. The SMILES string of the molecule is CCc1nc2cc(C)ccn2c1C(=O)NCC(OC)OC. The number of imidazole rings is 1. The molecule has 0 saturated carbocycles. The maximum atomic E-state index is 12.4. The highest BCUT2D eigenvalue weighted by Gasteiger charge is 2.19. The lowest BCUT2D eigenvalue weighted by Gasteiger charge is -2.14. The molecule has 2 aromatic heterocycles. The molecule has 1 N–H and O–H groups in total. The highest BCUT2D eigenvalue weighted by molar-refractivity contribution is 5.94. The summed E-state index contributed by atoms with van der Waals surface area (Å²) in [4.78, 5) is 17.0. The third kappa shape index (κ3) is 3.22. The van der Waals surface area contributed by atoms with Gasteiger partial charge in [-0.2, -0.15) is 0 Å². The van der Waals surface area contributed by atoms with E-state index < -0.39 is 6.29 Å². The van der Waals surface area contributed by atoms with Crippen molar-refractivity contribution in [1.29, 1.82) is 0 Å². The van der Waals surface area contributed by atoms with Crippen molar-refractivity contribution in [3.8, 4) is 0 Å². The highest BCUT2D eigenvalue weighted by atomic mass is 16.7. The van der Waals surface area contributed by atoms with Crippen molar-refractivity contribution in [3.63, 3.8) is 0 Å². The largest absolute Gasteiger partial charge is 0.354 e. The summed E-state index contributed by atoms with van der Waals surface area (Å²) in [7, 11) is 3.07. The Morgan fingerprint density at radius 2 is 2.14 bits per heavy atom. The number of aryl methyl sites for hydroxylation is 2. The summed E-state index contributed by atoms with van der Waals surface area (Å²) < 4.78 is 12.0. The third-order valence-corrected chi connectivity index (χ3v) is 3.36. The predicted octanol–water partition coefficient (Wildman–Crippen LogP) is 1.55. The Balaban J connectivity index is 2.29. The van der Waals surface area contributed by atoms with Gasteiger partial charge in [0.15, 0.2) is 6.29 Å². The van der Waals surface area contributed by atoms with Crippen LogP contribution in [0.4, 0.5) is 0 Å². The van der Waals surface area contributed by atoms with Crippen LogP contribution in [-0.4, -0.2) is 42.3 Å². The molecule has 0 aliphatic carbocycles. The zero-order chi connectivity index (χ0) is 15.4. The minimum atomic E-state index is -0.458. The number of fused-ring (bicyclic) bond motifs is 1. The van der Waals surface area contributed by atoms with Gasteiger partial charge in [-0.1, -0.05) is 6.92 Å². The summed E-state index contributed by atoms with van der Waals surface area (Å²) in [6.45, 7) is 4.27. The van der Waals surface area contributed by atoms with Gasteiger partial charge in [0.2, 0.25) is 0 Å². The van der Waals surface area contributed by atoms with Crippen LogP contribution >= 0.6 is 0 Å². The zero-order valence-electron chi connectivity index (χ0n) is 12.8. The number of aromatic nitrogens is 2. The Bertz CT molecular complexity index is 632. The molecule has 0 spiro atoms. The summed E-state index contributed by atoms with van der Waals surface area (Å²) >= 11 is 0. The quantitative estimate of drug-likeness (QED) is 0.820. The van der Waals surface area contributed by atoms with Crippen molar-refractivity contribution in [1.82, 2.24) is 14.7 Å². The second-order valence-corrected chi connectivity index (χ2v) is 4.80. The summed E-state index contributed by atoms with van der Waals surface area (Å²) in [5, 5.41) is 2.82. The number of hydrogen-bond donors (Lipinski definition) is 1. The number of ether oxygens (including phenoxy) is 2. The molecule has 2 rings (SSSR count). The number of methoxy groups -OCH3 is 2. The van der Waals surface area contributed by atoms with Crippen LogP contribution < -0.4 is 5.32 Å².